The van der Waals surface area contributed by atoms with Crippen molar-refractivity contribution in [2.75, 3.05) is 32.8 Å². The highest BCUT2D eigenvalue weighted by Gasteiger charge is 2.40. The van der Waals surface area contributed by atoms with Gasteiger partial charge in [0.05, 0.1) is 12.5 Å². The predicted octanol–water partition coefficient (Wildman–Crippen LogP) is 1.20. The van der Waals surface area contributed by atoms with Gasteiger partial charge >= 0.3 is 0 Å². The number of piperidine rings is 1. The van der Waals surface area contributed by atoms with Gasteiger partial charge in [-0.2, -0.15) is 4.31 Å². The van der Waals surface area contributed by atoms with E-state index in [1.165, 1.54) is 22.6 Å². The molecule has 156 valence electrons. The minimum atomic E-state index is -3.72. The zero-order chi connectivity index (χ0) is 20.8. The first-order valence-corrected chi connectivity index (χ1v) is 10.6. The van der Waals surface area contributed by atoms with Crippen molar-refractivity contribution in [2.45, 2.75) is 31.6 Å². The number of hydrogen-bond donors (Lipinski definition) is 2. The van der Waals surface area contributed by atoms with Gasteiger partial charge in [-0.25, -0.2) is 17.8 Å². The zero-order valence-electron chi connectivity index (χ0n) is 16.2. The Bertz CT molecular complexity index is 803. The molecule has 10 heteroatoms. The fourth-order valence-corrected chi connectivity index (χ4v) is 4.26. The first kappa shape index (κ1) is 22.3. The molecule has 3 N–H and O–H groups in total. The van der Waals surface area contributed by atoms with Gasteiger partial charge in [0.1, 0.15) is 11.5 Å². The van der Waals surface area contributed by atoms with Gasteiger partial charge in [-0.15, -0.1) is 0 Å². The minimum Gasteiger partial charge on any atom is -0.473 e. The van der Waals surface area contributed by atoms with E-state index >= 15 is 0 Å². The molecule has 1 saturated heterocycles. The highest BCUT2D eigenvalue weighted by Crippen LogP contribution is 2.33. The number of ether oxygens (including phenoxy) is 1. The molecule has 28 heavy (non-hydrogen) atoms. The lowest BCUT2D eigenvalue weighted by Gasteiger charge is -2.37. The largest absolute Gasteiger partial charge is 0.473 e. The molecule has 0 aromatic carbocycles. The Balaban J connectivity index is 2.02. The number of carbonyl (C=O) groups is 1. The van der Waals surface area contributed by atoms with Crippen molar-refractivity contribution in [2.24, 2.45) is 11.1 Å². The third-order valence-corrected chi connectivity index (χ3v) is 6.76. The van der Waals surface area contributed by atoms with E-state index in [0.29, 0.717) is 25.7 Å². The molecule has 1 aliphatic heterocycles. The first-order valence-electron chi connectivity index (χ1n) is 9.12. The van der Waals surface area contributed by atoms with Gasteiger partial charge in [0.15, 0.2) is 0 Å². The quantitative estimate of drug-likeness (QED) is 0.661. The number of nitrogens with one attached hydrogen (secondary N) is 1. The Morgan fingerprint density at radius 1 is 1.43 bits per heavy atom. The molecule has 1 aliphatic rings. The summed E-state index contributed by atoms with van der Waals surface area (Å²) in [5, 5.41) is 2.81. The Hall–Kier alpha value is -2.04. The van der Waals surface area contributed by atoms with Crippen LogP contribution in [0.15, 0.2) is 35.1 Å². The number of amides is 1. The van der Waals surface area contributed by atoms with Gasteiger partial charge in [0, 0.05) is 43.2 Å². The fraction of sp³-hybridized carbons (Fsp3) is 0.556. The zero-order valence-corrected chi connectivity index (χ0v) is 17.0. The molecule has 2 heterocycles. The van der Waals surface area contributed by atoms with Gasteiger partial charge in [0.2, 0.25) is 21.8 Å². The van der Waals surface area contributed by atoms with Crippen molar-refractivity contribution >= 4 is 15.9 Å². The molecule has 0 spiro atoms. The molecule has 1 aromatic heterocycles. The number of carbonyl (C=O) groups excluding carboxylic acids is 1. The summed E-state index contributed by atoms with van der Waals surface area (Å²) >= 11 is 0. The van der Waals surface area contributed by atoms with Crippen molar-refractivity contribution < 1.29 is 22.3 Å². The van der Waals surface area contributed by atoms with Crippen molar-refractivity contribution in [3.63, 3.8) is 0 Å². The SMILES string of the molecule is CCNC(=O)C1(C)CCN(S(=O)(=O)c2ccc(OC/C(=C/F)CN)nc2)CC1. The lowest BCUT2D eigenvalue weighted by molar-refractivity contribution is -0.132. The summed E-state index contributed by atoms with van der Waals surface area (Å²) in [5.41, 5.74) is 5.05. The van der Waals surface area contributed by atoms with E-state index in [2.05, 4.69) is 10.3 Å². The molecule has 8 nitrogen and oxygen atoms in total. The fourth-order valence-electron chi connectivity index (χ4n) is 2.88. The molecule has 0 atom stereocenters. The number of hydrogen-bond acceptors (Lipinski definition) is 6. The maximum atomic E-state index is 12.8. The van der Waals surface area contributed by atoms with Crippen LogP contribution in [0.25, 0.3) is 0 Å². The summed E-state index contributed by atoms with van der Waals surface area (Å²) in [7, 11) is -3.72. The van der Waals surface area contributed by atoms with Crippen LogP contribution in [0.5, 0.6) is 5.88 Å². The number of halogens is 1. The monoisotopic (exact) mass is 414 g/mol. The van der Waals surface area contributed by atoms with Gasteiger partial charge < -0.3 is 15.8 Å². The van der Waals surface area contributed by atoms with Gasteiger partial charge in [0.25, 0.3) is 0 Å². The van der Waals surface area contributed by atoms with E-state index in [9.17, 15) is 17.6 Å². The topological polar surface area (TPSA) is 115 Å². The van der Waals surface area contributed by atoms with E-state index in [1.807, 2.05) is 13.8 Å². The second kappa shape index (κ2) is 9.44. The molecule has 2 rings (SSSR count). The molecule has 0 unspecified atom stereocenters. The van der Waals surface area contributed by atoms with Crippen LogP contribution in [-0.4, -0.2) is 56.4 Å². The van der Waals surface area contributed by atoms with E-state index in [-0.39, 0.29) is 48.5 Å². The van der Waals surface area contributed by atoms with Crippen LogP contribution in [0.4, 0.5) is 4.39 Å². The van der Waals surface area contributed by atoms with Crippen LogP contribution in [0.1, 0.15) is 26.7 Å². The normalized spacial score (nSPS) is 17.9. The summed E-state index contributed by atoms with van der Waals surface area (Å²) in [6.07, 6.45) is 2.49. The number of nitrogens with two attached hydrogens (primary N) is 1. The standard InChI is InChI=1S/C18H27FN4O4S/c1-3-21-17(24)18(2)6-8-23(9-7-18)28(25,26)15-4-5-16(22-12-15)27-13-14(10-19)11-20/h4-5,10,12H,3,6-9,11,13,20H2,1-2H3,(H,21,24)/b14-10+. The molecule has 1 amide bonds. The average molecular weight is 415 g/mol. The van der Waals surface area contributed by atoms with Gasteiger partial charge in [-0.1, -0.05) is 6.92 Å². The smallest absolute Gasteiger partial charge is 0.244 e. The third-order valence-electron chi connectivity index (χ3n) is 4.88. The summed E-state index contributed by atoms with van der Waals surface area (Å²) in [6, 6.07) is 2.82. The van der Waals surface area contributed by atoms with Crippen molar-refractivity contribution in [1.82, 2.24) is 14.6 Å². The molecular formula is C18H27FN4O4S. The van der Waals surface area contributed by atoms with E-state index < -0.39 is 15.4 Å². The Morgan fingerprint density at radius 3 is 2.61 bits per heavy atom. The lowest BCUT2D eigenvalue weighted by atomic mass is 9.80. The van der Waals surface area contributed by atoms with Crippen LogP contribution >= 0.6 is 0 Å². The van der Waals surface area contributed by atoms with E-state index in [4.69, 9.17) is 10.5 Å². The van der Waals surface area contributed by atoms with Crippen LogP contribution in [0.3, 0.4) is 0 Å². The molecule has 0 bridgehead atoms. The first-order chi connectivity index (χ1) is 13.3. The summed E-state index contributed by atoms with van der Waals surface area (Å²) < 4.78 is 44.8. The Kier molecular flexibility index (Phi) is 7.50. The summed E-state index contributed by atoms with van der Waals surface area (Å²) in [5.74, 6) is 0.128. The summed E-state index contributed by atoms with van der Waals surface area (Å²) in [4.78, 5) is 16.2. The van der Waals surface area contributed by atoms with Crippen LogP contribution < -0.4 is 15.8 Å². The lowest BCUT2D eigenvalue weighted by Crippen LogP contribution is -2.48. The van der Waals surface area contributed by atoms with Crippen molar-refractivity contribution in [1.29, 1.82) is 0 Å². The second-order valence-corrected chi connectivity index (χ2v) is 8.85. The maximum Gasteiger partial charge on any atom is 0.244 e. The number of rotatable bonds is 8. The number of sulfonamides is 1. The van der Waals surface area contributed by atoms with Crippen molar-refractivity contribution in [3.8, 4) is 5.88 Å². The Labute approximate surface area is 165 Å². The van der Waals surface area contributed by atoms with Crippen LogP contribution in [-0.2, 0) is 14.8 Å². The highest BCUT2D eigenvalue weighted by atomic mass is 32.2. The van der Waals surface area contributed by atoms with Crippen molar-refractivity contribution in [3.05, 3.63) is 30.2 Å². The molecule has 0 aliphatic carbocycles. The second-order valence-electron chi connectivity index (χ2n) is 6.92. The molecule has 0 radical (unpaired) electrons. The third kappa shape index (κ3) is 5.06. The molecule has 0 saturated carbocycles. The van der Waals surface area contributed by atoms with Gasteiger partial charge in [-0.05, 0) is 25.8 Å². The highest BCUT2D eigenvalue weighted by molar-refractivity contribution is 7.89. The minimum absolute atomic E-state index is 0.0210. The van der Waals surface area contributed by atoms with Gasteiger partial charge in [-0.3, -0.25) is 4.79 Å². The van der Waals surface area contributed by atoms with E-state index in [0.717, 1.165) is 0 Å². The maximum absolute atomic E-state index is 12.8. The molecular weight excluding hydrogens is 387 g/mol. The summed E-state index contributed by atoms with van der Waals surface area (Å²) in [6.45, 7) is 4.74. The average Bonchev–Trinajstić information content (AvgIpc) is 2.69. The number of nitrogens with zero attached hydrogens (tertiary/aromatic N) is 2. The molecule has 1 fully saturated rings. The number of pyridine rings is 1. The predicted molar refractivity (Wildman–Crippen MR) is 103 cm³/mol. The molecule has 1 aromatic rings. The van der Waals surface area contributed by atoms with E-state index in [1.54, 1.807) is 0 Å². The van der Waals surface area contributed by atoms with Crippen LogP contribution in [0.2, 0.25) is 0 Å². The Morgan fingerprint density at radius 2 is 2.11 bits per heavy atom. The van der Waals surface area contributed by atoms with Crippen LogP contribution in [0, 0.1) is 5.41 Å². The number of aromatic nitrogens is 1.